The van der Waals surface area contributed by atoms with Crippen LogP contribution < -0.4 is 5.56 Å². The zero-order chi connectivity index (χ0) is 10.8. The summed E-state index contributed by atoms with van der Waals surface area (Å²) in [6.45, 7) is 1.72. The quantitative estimate of drug-likeness (QED) is 0.736. The molecule has 2 rings (SSSR count). The summed E-state index contributed by atoms with van der Waals surface area (Å²) in [6, 6.07) is 4.50. The van der Waals surface area contributed by atoms with E-state index in [0.29, 0.717) is 11.3 Å². The Labute approximate surface area is 85.4 Å². The Morgan fingerprint density at radius 1 is 1.40 bits per heavy atom. The molecule has 0 aliphatic carbocycles. The molecule has 5 nitrogen and oxygen atoms in total. The summed E-state index contributed by atoms with van der Waals surface area (Å²) in [5.41, 5.74) is 0.727. The number of carbonyl (C=O) groups excluding carboxylic acids is 1. The highest BCUT2D eigenvalue weighted by Gasteiger charge is 2.11. The number of aryl methyl sites for hydroxylation is 1. The molecular weight excluding hydrogens is 194 g/mol. The maximum absolute atomic E-state index is 11.8. The van der Waals surface area contributed by atoms with Gasteiger partial charge in [0.1, 0.15) is 0 Å². The number of carbonyl (C=O) groups is 1. The van der Waals surface area contributed by atoms with Crippen LogP contribution in [0.25, 0.3) is 0 Å². The van der Waals surface area contributed by atoms with Crippen molar-refractivity contribution in [2.24, 2.45) is 0 Å². The van der Waals surface area contributed by atoms with Gasteiger partial charge in [-0.2, -0.15) is 4.68 Å². The van der Waals surface area contributed by atoms with Crippen LogP contribution in [-0.2, 0) is 0 Å². The molecule has 76 valence electrons. The van der Waals surface area contributed by atoms with Crippen LogP contribution in [0, 0.1) is 6.92 Å². The summed E-state index contributed by atoms with van der Waals surface area (Å²) in [4.78, 5) is 26.9. The molecule has 5 heteroatoms. The molecule has 0 amide bonds. The Balaban J connectivity index is 2.46. The minimum Gasteiger partial charge on any atom is -0.293 e. The van der Waals surface area contributed by atoms with E-state index in [4.69, 9.17) is 0 Å². The van der Waals surface area contributed by atoms with Crippen molar-refractivity contribution in [3.05, 3.63) is 52.2 Å². The molecule has 0 atom stereocenters. The van der Waals surface area contributed by atoms with Gasteiger partial charge in [-0.15, -0.1) is 0 Å². The number of pyridine rings is 1. The number of nitrogens with one attached hydrogen (secondary N) is 1. The standard InChI is InChI=1S/C10H9N3O2/c1-7-6-9(14)13(12-7)10(15)8-2-4-11-5-3-8/h2-6,12H,1H3. The predicted molar refractivity (Wildman–Crippen MR) is 53.8 cm³/mol. The SMILES string of the molecule is Cc1cc(=O)n(C(=O)c2ccncc2)[nH]1. The van der Waals surface area contributed by atoms with Crippen LogP contribution in [0.3, 0.4) is 0 Å². The fourth-order valence-corrected chi connectivity index (χ4v) is 1.29. The van der Waals surface area contributed by atoms with Crippen LogP contribution in [0.1, 0.15) is 16.1 Å². The van der Waals surface area contributed by atoms with E-state index in [1.165, 1.54) is 18.5 Å². The number of nitrogens with zero attached hydrogens (tertiary/aromatic N) is 2. The zero-order valence-electron chi connectivity index (χ0n) is 8.10. The second-order valence-electron chi connectivity index (χ2n) is 3.15. The van der Waals surface area contributed by atoms with E-state index in [2.05, 4.69) is 10.1 Å². The maximum atomic E-state index is 11.8. The van der Waals surface area contributed by atoms with Gasteiger partial charge in [0.25, 0.3) is 11.5 Å². The number of rotatable bonds is 1. The van der Waals surface area contributed by atoms with Gasteiger partial charge in [0, 0.05) is 29.7 Å². The molecule has 0 saturated heterocycles. The van der Waals surface area contributed by atoms with Gasteiger partial charge in [-0.05, 0) is 19.1 Å². The molecule has 0 saturated carbocycles. The van der Waals surface area contributed by atoms with Crippen molar-refractivity contribution in [3.8, 4) is 0 Å². The number of H-pyrrole nitrogens is 1. The molecular formula is C10H9N3O2. The first kappa shape index (κ1) is 9.39. The molecule has 2 aromatic heterocycles. The first-order chi connectivity index (χ1) is 7.18. The van der Waals surface area contributed by atoms with E-state index in [1.54, 1.807) is 19.1 Å². The normalized spacial score (nSPS) is 10.2. The third-order valence-corrected chi connectivity index (χ3v) is 1.98. The van der Waals surface area contributed by atoms with Gasteiger partial charge in [-0.3, -0.25) is 19.7 Å². The van der Waals surface area contributed by atoms with Gasteiger partial charge >= 0.3 is 0 Å². The van der Waals surface area contributed by atoms with Crippen LogP contribution in [0.15, 0.2) is 35.4 Å². The predicted octanol–water partition coefficient (Wildman–Crippen LogP) is 0.568. The first-order valence-corrected chi connectivity index (χ1v) is 4.42. The van der Waals surface area contributed by atoms with Gasteiger partial charge in [-0.25, -0.2) is 0 Å². The number of hydrogen-bond donors (Lipinski definition) is 1. The van der Waals surface area contributed by atoms with Crippen molar-refractivity contribution in [2.75, 3.05) is 0 Å². The minimum absolute atomic E-state index is 0.352. The summed E-state index contributed by atoms with van der Waals surface area (Å²) in [7, 11) is 0. The summed E-state index contributed by atoms with van der Waals surface area (Å²) in [6.07, 6.45) is 3.02. The fourth-order valence-electron chi connectivity index (χ4n) is 1.29. The molecule has 1 N–H and O–H groups in total. The van der Waals surface area contributed by atoms with Crippen molar-refractivity contribution in [2.45, 2.75) is 6.92 Å². The highest BCUT2D eigenvalue weighted by molar-refractivity contribution is 5.95. The smallest absolute Gasteiger partial charge is 0.279 e. The zero-order valence-corrected chi connectivity index (χ0v) is 8.10. The Hall–Kier alpha value is -2.17. The maximum Gasteiger partial charge on any atom is 0.279 e. The van der Waals surface area contributed by atoms with Gasteiger partial charge < -0.3 is 0 Å². The summed E-state index contributed by atoms with van der Waals surface area (Å²) >= 11 is 0. The molecule has 0 spiro atoms. The van der Waals surface area contributed by atoms with Crippen LogP contribution in [-0.4, -0.2) is 20.7 Å². The van der Waals surface area contributed by atoms with Crippen LogP contribution in [0.4, 0.5) is 0 Å². The number of aromatic nitrogens is 3. The van der Waals surface area contributed by atoms with E-state index < -0.39 is 0 Å². The average molecular weight is 203 g/mol. The molecule has 0 aliphatic heterocycles. The van der Waals surface area contributed by atoms with Gasteiger partial charge in [-0.1, -0.05) is 0 Å². The lowest BCUT2D eigenvalue weighted by molar-refractivity contribution is 0.0941. The molecule has 0 aromatic carbocycles. The Kier molecular flexibility index (Phi) is 2.21. The molecule has 15 heavy (non-hydrogen) atoms. The third kappa shape index (κ3) is 1.71. The van der Waals surface area contributed by atoms with E-state index in [9.17, 15) is 9.59 Å². The third-order valence-electron chi connectivity index (χ3n) is 1.98. The molecule has 2 aromatic rings. The van der Waals surface area contributed by atoms with E-state index in [-0.39, 0.29) is 11.5 Å². The minimum atomic E-state index is -0.379. The largest absolute Gasteiger partial charge is 0.293 e. The lowest BCUT2D eigenvalue weighted by atomic mass is 10.2. The van der Waals surface area contributed by atoms with Gasteiger partial charge in [0.15, 0.2) is 0 Å². The van der Waals surface area contributed by atoms with Crippen molar-refractivity contribution >= 4 is 5.91 Å². The lowest BCUT2D eigenvalue weighted by Gasteiger charge is -1.99. The van der Waals surface area contributed by atoms with Crippen LogP contribution >= 0.6 is 0 Å². The van der Waals surface area contributed by atoms with Crippen molar-refractivity contribution in [3.63, 3.8) is 0 Å². The Bertz CT molecular complexity index is 539. The van der Waals surface area contributed by atoms with Gasteiger partial charge in [0.05, 0.1) is 0 Å². The van der Waals surface area contributed by atoms with Crippen LogP contribution in [0.5, 0.6) is 0 Å². The second kappa shape index (κ2) is 3.53. The summed E-state index contributed by atoms with van der Waals surface area (Å²) < 4.78 is 0.977. The molecule has 0 radical (unpaired) electrons. The highest BCUT2D eigenvalue weighted by Crippen LogP contribution is 1.98. The van der Waals surface area contributed by atoms with Crippen molar-refractivity contribution in [1.82, 2.24) is 14.8 Å². The number of aromatic amines is 1. The van der Waals surface area contributed by atoms with Crippen LogP contribution in [0.2, 0.25) is 0 Å². The second-order valence-corrected chi connectivity index (χ2v) is 3.15. The topological polar surface area (TPSA) is 67.8 Å². The number of hydrogen-bond acceptors (Lipinski definition) is 3. The van der Waals surface area contributed by atoms with Crippen molar-refractivity contribution < 1.29 is 4.79 Å². The molecule has 0 bridgehead atoms. The highest BCUT2D eigenvalue weighted by atomic mass is 16.2. The van der Waals surface area contributed by atoms with E-state index >= 15 is 0 Å². The molecule has 2 heterocycles. The summed E-state index contributed by atoms with van der Waals surface area (Å²) in [5.74, 6) is -0.379. The van der Waals surface area contributed by atoms with Crippen molar-refractivity contribution in [1.29, 1.82) is 0 Å². The average Bonchev–Trinajstić information content (AvgIpc) is 2.58. The Morgan fingerprint density at radius 3 is 2.60 bits per heavy atom. The molecule has 0 fully saturated rings. The Morgan fingerprint density at radius 2 is 2.07 bits per heavy atom. The summed E-state index contributed by atoms with van der Waals surface area (Å²) in [5, 5.41) is 2.68. The molecule has 0 aliphatic rings. The van der Waals surface area contributed by atoms with E-state index in [0.717, 1.165) is 4.68 Å². The first-order valence-electron chi connectivity index (χ1n) is 4.42. The van der Waals surface area contributed by atoms with E-state index in [1.807, 2.05) is 0 Å². The molecule has 0 unspecified atom stereocenters. The fraction of sp³-hybridized carbons (Fsp3) is 0.100. The monoisotopic (exact) mass is 203 g/mol. The lowest BCUT2D eigenvalue weighted by Crippen LogP contribution is -2.24. The van der Waals surface area contributed by atoms with Gasteiger partial charge in [0.2, 0.25) is 0 Å².